The van der Waals surface area contributed by atoms with E-state index in [1.165, 1.54) is 11.3 Å². The van der Waals surface area contributed by atoms with Crippen LogP contribution in [0.1, 0.15) is 23.5 Å². The Labute approximate surface area is 89.1 Å². The molecule has 1 heterocycles. The zero-order valence-electron chi connectivity index (χ0n) is 6.83. The number of hydrogen-bond donors (Lipinski definition) is 0. The Bertz CT molecular complexity index is 280. The van der Waals surface area contributed by atoms with Gasteiger partial charge in [-0.25, -0.2) is 4.79 Å². The Morgan fingerprint density at radius 3 is 2.75 bits per heavy atom. The molecule has 1 aromatic heterocycles. The van der Waals surface area contributed by atoms with Crippen molar-refractivity contribution in [2.45, 2.75) is 20.0 Å². The van der Waals surface area contributed by atoms with Crippen LogP contribution in [0.4, 0.5) is 0 Å². The van der Waals surface area contributed by atoms with Crippen LogP contribution < -0.4 is 0 Å². The monoisotopic (exact) mass is 296 g/mol. The zero-order valence-corrected chi connectivity index (χ0v) is 9.81. The largest absolute Gasteiger partial charge is 0.459 e. The molecule has 0 radical (unpaired) electrons. The molecule has 0 saturated carbocycles. The van der Waals surface area contributed by atoms with Crippen LogP contribution in [0, 0.1) is 3.57 Å². The Kier molecular flexibility index (Phi) is 3.52. The summed E-state index contributed by atoms with van der Waals surface area (Å²) < 4.78 is 6.09. The molecule has 0 unspecified atom stereocenters. The van der Waals surface area contributed by atoms with Crippen molar-refractivity contribution in [3.63, 3.8) is 0 Å². The van der Waals surface area contributed by atoms with Gasteiger partial charge >= 0.3 is 5.97 Å². The van der Waals surface area contributed by atoms with E-state index < -0.39 is 0 Å². The van der Waals surface area contributed by atoms with E-state index >= 15 is 0 Å². The predicted octanol–water partition coefficient (Wildman–Crippen LogP) is 2.92. The molecule has 1 aromatic rings. The first-order valence-corrected chi connectivity index (χ1v) is 5.50. The highest BCUT2D eigenvalue weighted by atomic mass is 127. The van der Waals surface area contributed by atoms with E-state index in [1.807, 2.05) is 25.3 Å². The molecule has 0 fully saturated rings. The van der Waals surface area contributed by atoms with Crippen LogP contribution in [-0.2, 0) is 4.74 Å². The fourth-order valence-electron chi connectivity index (χ4n) is 0.692. The number of carbonyl (C=O) groups is 1. The molecule has 0 amide bonds. The molecular formula is C8H9IO2S. The second-order valence-corrected chi connectivity index (χ2v) is 4.74. The molecule has 0 aliphatic rings. The van der Waals surface area contributed by atoms with E-state index in [4.69, 9.17) is 4.74 Å². The van der Waals surface area contributed by atoms with Crippen molar-refractivity contribution < 1.29 is 9.53 Å². The van der Waals surface area contributed by atoms with Crippen molar-refractivity contribution >= 4 is 39.9 Å². The highest BCUT2D eigenvalue weighted by Gasteiger charge is 2.10. The minimum absolute atomic E-state index is 0.0442. The van der Waals surface area contributed by atoms with Gasteiger partial charge < -0.3 is 4.74 Å². The molecule has 0 aromatic carbocycles. The third-order valence-corrected chi connectivity index (χ3v) is 3.07. The van der Waals surface area contributed by atoms with Gasteiger partial charge in [0.1, 0.15) is 4.88 Å². The average Bonchev–Trinajstić information content (AvgIpc) is 2.34. The Morgan fingerprint density at radius 2 is 2.33 bits per heavy atom. The van der Waals surface area contributed by atoms with Crippen molar-refractivity contribution in [2.24, 2.45) is 0 Å². The quantitative estimate of drug-likeness (QED) is 0.619. The standard InChI is InChI=1S/C8H9IO2S/c1-5(2)11-8(10)7-3-6(9)4-12-7/h3-5H,1-2H3. The van der Waals surface area contributed by atoms with Crippen molar-refractivity contribution in [1.82, 2.24) is 0 Å². The van der Waals surface area contributed by atoms with Crippen LogP contribution in [0.3, 0.4) is 0 Å². The Balaban J connectivity index is 2.65. The van der Waals surface area contributed by atoms with Gasteiger partial charge in [0.05, 0.1) is 6.10 Å². The molecule has 1 rings (SSSR count). The first-order chi connectivity index (χ1) is 5.59. The summed E-state index contributed by atoms with van der Waals surface area (Å²) in [7, 11) is 0. The molecule has 12 heavy (non-hydrogen) atoms. The number of halogens is 1. The molecule has 66 valence electrons. The molecule has 0 N–H and O–H groups in total. The maximum atomic E-state index is 11.3. The first kappa shape index (κ1) is 9.98. The van der Waals surface area contributed by atoms with Gasteiger partial charge in [-0.3, -0.25) is 0 Å². The van der Waals surface area contributed by atoms with E-state index in [9.17, 15) is 4.79 Å². The number of rotatable bonds is 2. The summed E-state index contributed by atoms with van der Waals surface area (Å²) in [6.07, 6.45) is -0.0442. The van der Waals surface area contributed by atoms with E-state index in [0.29, 0.717) is 4.88 Å². The van der Waals surface area contributed by atoms with Gasteiger partial charge in [0.2, 0.25) is 0 Å². The van der Waals surface area contributed by atoms with Gasteiger partial charge in [-0.05, 0) is 42.5 Å². The lowest BCUT2D eigenvalue weighted by Crippen LogP contribution is -2.09. The first-order valence-electron chi connectivity index (χ1n) is 3.54. The highest BCUT2D eigenvalue weighted by molar-refractivity contribution is 14.1. The molecule has 0 aliphatic heterocycles. The van der Waals surface area contributed by atoms with Crippen LogP contribution in [0.25, 0.3) is 0 Å². The summed E-state index contributed by atoms with van der Waals surface area (Å²) >= 11 is 3.59. The van der Waals surface area contributed by atoms with Gasteiger partial charge in [0.15, 0.2) is 0 Å². The minimum Gasteiger partial charge on any atom is -0.459 e. The van der Waals surface area contributed by atoms with Crippen molar-refractivity contribution in [1.29, 1.82) is 0 Å². The molecule has 0 atom stereocenters. The molecule has 0 spiro atoms. The van der Waals surface area contributed by atoms with Gasteiger partial charge in [0, 0.05) is 8.95 Å². The SMILES string of the molecule is CC(C)OC(=O)c1cc(I)cs1. The number of hydrogen-bond acceptors (Lipinski definition) is 3. The maximum absolute atomic E-state index is 11.3. The predicted molar refractivity (Wildman–Crippen MR) is 57.6 cm³/mol. The van der Waals surface area contributed by atoms with Crippen LogP contribution in [0.15, 0.2) is 11.4 Å². The van der Waals surface area contributed by atoms with Gasteiger partial charge in [-0.15, -0.1) is 11.3 Å². The number of ether oxygens (including phenoxy) is 1. The number of esters is 1. The smallest absolute Gasteiger partial charge is 0.348 e. The van der Waals surface area contributed by atoms with Gasteiger partial charge in [-0.1, -0.05) is 0 Å². The van der Waals surface area contributed by atoms with Crippen molar-refractivity contribution in [3.8, 4) is 0 Å². The lowest BCUT2D eigenvalue weighted by molar-refractivity contribution is 0.0384. The number of thiophene rings is 1. The fraction of sp³-hybridized carbons (Fsp3) is 0.375. The maximum Gasteiger partial charge on any atom is 0.348 e. The lowest BCUT2D eigenvalue weighted by Gasteiger charge is -2.04. The molecule has 0 saturated heterocycles. The lowest BCUT2D eigenvalue weighted by atomic mass is 10.4. The summed E-state index contributed by atoms with van der Waals surface area (Å²) in [5.74, 6) is -0.224. The third kappa shape index (κ3) is 2.75. The van der Waals surface area contributed by atoms with E-state index in [0.717, 1.165) is 3.57 Å². The molecule has 0 aliphatic carbocycles. The van der Waals surface area contributed by atoms with Crippen LogP contribution >= 0.6 is 33.9 Å². The topological polar surface area (TPSA) is 26.3 Å². The highest BCUT2D eigenvalue weighted by Crippen LogP contribution is 2.17. The molecule has 0 bridgehead atoms. The second kappa shape index (κ2) is 4.23. The molecule has 4 heteroatoms. The van der Waals surface area contributed by atoms with Crippen molar-refractivity contribution in [2.75, 3.05) is 0 Å². The van der Waals surface area contributed by atoms with Crippen LogP contribution in [0.5, 0.6) is 0 Å². The molecule has 2 nitrogen and oxygen atoms in total. The van der Waals surface area contributed by atoms with Gasteiger partial charge in [-0.2, -0.15) is 0 Å². The summed E-state index contributed by atoms with van der Waals surface area (Å²) in [6.45, 7) is 3.69. The number of carbonyl (C=O) groups excluding carboxylic acids is 1. The van der Waals surface area contributed by atoms with Crippen molar-refractivity contribution in [3.05, 3.63) is 19.9 Å². The summed E-state index contributed by atoms with van der Waals surface area (Å²) in [5.41, 5.74) is 0. The Morgan fingerprint density at radius 1 is 1.67 bits per heavy atom. The Hall–Kier alpha value is -0.100. The minimum atomic E-state index is -0.224. The summed E-state index contributed by atoms with van der Waals surface area (Å²) in [6, 6.07) is 1.83. The van der Waals surface area contributed by atoms with Crippen LogP contribution in [-0.4, -0.2) is 12.1 Å². The summed E-state index contributed by atoms with van der Waals surface area (Å²) in [4.78, 5) is 11.9. The van der Waals surface area contributed by atoms with E-state index in [2.05, 4.69) is 22.6 Å². The molecular weight excluding hydrogens is 287 g/mol. The van der Waals surface area contributed by atoms with Crippen LogP contribution in [0.2, 0.25) is 0 Å². The third-order valence-electron chi connectivity index (χ3n) is 1.11. The fourth-order valence-corrected chi connectivity index (χ4v) is 2.24. The van der Waals surface area contributed by atoms with Gasteiger partial charge in [0.25, 0.3) is 0 Å². The summed E-state index contributed by atoms with van der Waals surface area (Å²) in [5, 5.41) is 1.93. The average molecular weight is 296 g/mol. The normalized spacial score (nSPS) is 10.3. The van der Waals surface area contributed by atoms with E-state index in [1.54, 1.807) is 0 Å². The van der Waals surface area contributed by atoms with E-state index in [-0.39, 0.29) is 12.1 Å². The zero-order chi connectivity index (χ0) is 9.14. The second-order valence-electron chi connectivity index (χ2n) is 2.58.